The van der Waals surface area contributed by atoms with Crippen molar-refractivity contribution in [3.05, 3.63) is 60.2 Å². The number of phosphoric ester groups is 2. The van der Waals surface area contributed by atoms with Gasteiger partial charge in [-0.1, -0.05) is 72.6 Å². The highest BCUT2D eigenvalue weighted by atomic mass is 31.2. The number of nitrogens with zero attached hydrogens (tertiary/aromatic N) is 12. The van der Waals surface area contributed by atoms with Crippen molar-refractivity contribution in [2.75, 3.05) is 37.0 Å². The number of rotatable bonds is 28. The fraction of sp³-hybridized carbons (Fsp3) is 0.633. The van der Waals surface area contributed by atoms with Gasteiger partial charge in [-0.3, -0.25) is 31.8 Å². The summed E-state index contributed by atoms with van der Waals surface area (Å²) in [5.74, 6) is 3.56. The Bertz CT molecular complexity index is 3890. The number of carbonyl (C=O) groups is 1. The van der Waals surface area contributed by atoms with E-state index in [9.17, 15) is 28.8 Å². The third-order valence-electron chi connectivity index (χ3n) is 18.3. The summed E-state index contributed by atoms with van der Waals surface area (Å²) in [6, 6.07) is 0. The summed E-state index contributed by atoms with van der Waals surface area (Å²) >= 11 is 0. The van der Waals surface area contributed by atoms with Gasteiger partial charge in [0, 0.05) is 24.8 Å². The molecule has 6 aromatic heterocycles. The van der Waals surface area contributed by atoms with Crippen LogP contribution in [0.15, 0.2) is 38.0 Å². The van der Waals surface area contributed by atoms with E-state index in [0.29, 0.717) is 11.7 Å². The Morgan fingerprint density at radius 2 is 1.06 bits per heavy atom. The molecule has 0 spiro atoms. The predicted molar refractivity (Wildman–Crippen MR) is 337 cm³/mol. The molecule has 0 saturated carbocycles. The molecule has 10 heterocycles. The van der Waals surface area contributed by atoms with Gasteiger partial charge < -0.3 is 60.5 Å². The second kappa shape index (κ2) is 28.4. The van der Waals surface area contributed by atoms with Crippen LogP contribution < -0.4 is 26.7 Å². The molecule has 3 fully saturated rings. The lowest BCUT2D eigenvalue weighted by Gasteiger charge is -2.38. The first-order valence-electron chi connectivity index (χ1n) is 31.7. The van der Waals surface area contributed by atoms with Crippen LogP contribution in [-0.4, -0.2) is 142 Å². The SMILES string of the molecule is Cc1c(C)c2c(c(C)c1OC(=O)OC1CC(COP(=O)(O)OC3CC(COP(=O)(O)OC4CC(CO)OC4n4cnc5c(N)ncnc54)OC3n3cnc4c(N)ncnc43)OC1n1cnc3c(N)ncnc31)CCC(C)(CCCC(C)CCCC(C)CCCC(C)C)O2. The van der Waals surface area contributed by atoms with Crippen molar-refractivity contribution >= 4 is 72.7 Å². The molecule has 14 unspecified atom stereocenters. The van der Waals surface area contributed by atoms with Gasteiger partial charge in [-0.2, -0.15) is 0 Å². The zero-order valence-electron chi connectivity index (χ0n) is 53.6. The highest BCUT2D eigenvalue weighted by Crippen LogP contribution is 2.53. The van der Waals surface area contributed by atoms with E-state index in [-0.39, 0.29) is 75.8 Å². The van der Waals surface area contributed by atoms with E-state index in [2.05, 4.69) is 79.5 Å². The van der Waals surface area contributed by atoms with E-state index in [4.69, 9.17) is 63.7 Å². The smallest absolute Gasteiger partial charge is 0.487 e. The van der Waals surface area contributed by atoms with Crippen LogP contribution in [0.25, 0.3) is 33.5 Å². The quantitative estimate of drug-likeness (QED) is 0.0151. The molecule has 93 heavy (non-hydrogen) atoms. The van der Waals surface area contributed by atoms with Crippen molar-refractivity contribution in [3.63, 3.8) is 0 Å². The number of hydrogen-bond acceptors (Lipinski definition) is 26. The summed E-state index contributed by atoms with van der Waals surface area (Å²) in [4.78, 5) is 74.7. The summed E-state index contributed by atoms with van der Waals surface area (Å²) in [6.07, 6.45) is 8.69. The maximum atomic E-state index is 14.2. The molecule has 4 aliphatic rings. The minimum atomic E-state index is -5.12. The first-order valence-corrected chi connectivity index (χ1v) is 34.7. The second-order valence-corrected chi connectivity index (χ2v) is 28.6. The van der Waals surface area contributed by atoms with E-state index in [1.54, 1.807) is 0 Å². The summed E-state index contributed by atoms with van der Waals surface area (Å²) in [5.41, 5.74) is 22.6. The number of carbonyl (C=O) groups excluding carboxylic acids is 1. The fourth-order valence-electron chi connectivity index (χ4n) is 13.1. The van der Waals surface area contributed by atoms with Gasteiger partial charge in [0.25, 0.3) is 0 Å². The Balaban J connectivity index is 0.737. The van der Waals surface area contributed by atoms with Crippen LogP contribution in [0.4, 0.5) is 22.2 Å². The first-order chi connectivity index (χ1) is 44.4. The molecule has 0 amide bonds. The lowest BCUT2D eigenvalue weighted by molar-refractivity contribution is -0.0645. The van der Waals surface area contributed by atoms with E-state index in [1.165, 1.54) is 90.2 Å². The Hall–Kier alpha value is -6.60. The molecule has 9 N–H and O–H groups in total. The van der Waals surface area contributed by atoms with Gasteiger partial charge in [0.1, 0.15) is 64.8 Å². The third-order valence-corrected chi connectivity index (χ3v) is 20.3. The van der Waals surface area contributed by atoms with Gasteiger partial charge in [0.2, 0.25) is 0 Å². The number of imidazole rings is 3. The van der Waals surface area contributed by atoms with Crippen LogP contribution in [0, 0.1) is 38.5 Å². The Labute approximate surface area is 537 Å². The van der Waals surface area contributed by atoms with Crippen molar-refractivity contribution in [2.45, 2.75) is 206 Å². The van der Waals surface area contributed by atoms with Crippen molar-refractivity contribution < 1.29 is 75.3 Å². The number of ether oxygens (including phenoxy) is 6. The normalized spacial score (nSPS) is 26.0. The van der Waals surface area contributed by atoms with Crippen LogP contribution in [0.3, 0.4) is 0 Å². The summed E-state index contributed by atoms with van der Waals surface area (Å²) < 4.78 is 92.8. The Morgan fingerprint density at radius 3 is 1.55 bits per heavy atom. The average molecular weight is 1330 g/mol. The monoisotopic (exact) mass is 1330 g/mol. The van der Waals surface area contributed by atoms with Crippen molar-refractivity contribution in [1.29, 1.82) is 0 Å². The predicted octanol–water partition coefficient (Wildman–Crippen LogP) is 9.14. The van der Waals surface area contributed by atoms with Crippen molar-refractivity contribution in [3.8, 4) is 11.5 Å². The van der Waals surface area contributed by atoms with Crippen LogP contribution in [0.2, 0.25) is 0 Å². The van der Waals surface area contributed by atoms with Gasteiger partial charge in [0.15, 0.2) is 59.2 Å². The van der Waals surface area contributed by atoms with Crippen LogP contribution in [0.5, 0.6) is 11.5 Å². The summed E-state index contributed by atoms with van der Waals surface area (Å²) in [5, 5.41) is 10.0. The molecule has 11 rings (SSSR count). The number of fused-ring (bicyclic) bond motifs is 4. The number of benzene rings is 1. The summed E-state index contributed by atoms with van der Waals surface area (Å²) in [6.45, 7) is 15.7. The second-order valence-electron chi connectivity index (χ2n) is 25.8. The molecular formula is C60H85N15O16P2. The molecule has 4 aliphatic heterocycles. The maximum Gasteiger partial charge on any atom is 0.514 e. The molecule has 7 aromatic rings. The maximum absolute atomic E-state index is 14.2. The van der Waals surface area contributed by atoms with Gasteiger partial charge >= 0.3 is 21.8 Å². The number of aliphatic hydroxyl groups excluding tert-OH is 1. The zero-order valence-corrected chi connectivity index (χ0v) is 55.3. The average Bonchev–Trinajstić information content (AvgIpc) is 1.66. The largest absolute Gasteiger partial charge is 0.514 e. The Morgan fingerprint density at radius 1 is 0.624 bits per heavy atom. The molecule has 1 aromatic carbocycles. The molecule has 14 atom stereocenters. The molecular weight excluding hydrogens is 1250 g/mol. The van der Waals surface area contributed by atoms with Crippen molar-refractivity contribution in [2.24, 2.45) is 17.8 Å². The van der Waals surface area contributed by atoms with Crippen LogP contribution >= 0.6 is 15.6 Å². The molecule has 0 bridgehead atoms. The van der Waals surface area contributed by atoms with Crippen LogP contribution in [-0.2, 0) is 52.6 Å². The number of aromatic nitrogens is 12. The lowest BCUT2D eigenvalue weighted by Crippen LogP contribution is -2.37. The van der Waals surface area contributed by atoms with Gasteiger partial charge in [-0.15, -0.1) is 0 Å². The van der Waals surface area contributed by atoms with Crippen molar-refractivity contribution in [1.82, 2.24) is 58.6 Å². The van der Waals surface area contributed by atoms with Gasteiger partial charge in [0.05, 0.1) is 57.1 Å². The van der Waals surface area contributed by atoms with E-state index in [1.807, 2.05) is 20.8 Å². The van der Waals surface area contributed by atoms with E-state index >= 15 is 0 Å². The van der Waals surface area contributed by atoms with E-state index < -0.39 is 96.9 Å². The first kappa shape index (κ1) is 67.8. The standard InChI is InChI=1S/C60H85N15O16P2/c1-32(2)12-9-13-33(3)14-10-15-34(4)16-11-18-60(8)19-17-41-37(7)48(35(5)36(6)49(41)89-60)88-59(77)87-42-21-39(85-56(42)73-29-70-45-50(61)64-26-67-53(45)73)24-82-93(80,81)91-44-22-40(86-58(44)75-31-72-47-52(63)66-28-69-55(47)75)25-83-92(78,79)90-43-20-38(23-76)84-57(43)74-30-71-46-51(62)65-27-68-54(46)74/h26-34,38-40,42-44,56-58,76H,9-25H2,1-8H3,(H,78,79)(H,80,81)(H2,61,64,67)(H2,62,65,68)(H2,63,66,69). The van der Waals surface area contributed by atoms with E-state index in [0.717, 1.165) is 71.9 Å². The number of phosphoric acid groups is 2. The Kier molecular flexibility index (Phi) is 20.7. The van der Waals surface area contributed by atoms with Crippen LogP contribution in [0.1, 0.15) is 159 Å². The topological polar surface area (TPSA) is 413 Å². The minimum Gasteiger partial charge on any atom is -0.487 e. The molecule has 31 nitrogen and oxygen atoms in total. The number of nitrogens with two attached hydrogens (primary N) is 3. The highest BCUT2D eigenvalue weighted by molar-refractivity contribution is 7.47. The number of nitrogen functional groups attached to an aromatic ring is 3. The minimum absolute atomic E-state index is 0.0291. The van der Waals surface area contributed by atoms with Gasteiger partial charge in [-0.05, 0) is 87.8 Å². The number of hydrogen-bond donors (Lipinski definition) is 6. The molecule has 0 radical (unpaired) electrons. The third kappa shape index (κ3) is 15.4. The van der Waals surface area contributed by atoms with Gasteiger partial charge in [-0.25, -0.2) is 58.8 Å². The molecule has 3 saturated heterocycles. The molecule has 0 aliphatic carbocycles. The fourth-order valence-corrected chi connectivity index (χ4v) is 15.0. The number of anilines is 3. The molecule has 33 heteroatoms. The lowest BCUT2D eigenvalue weighted by atomic mass is 9.83. The highest BCUT2D eigenvalue weighted by Gasteiger charge is 2.48. The summed E-state index contributed by atoms with van der Waals surface area (Å²) in [7, 11) is -10.1. The number of aliphatic hydroxyl groups is 1. The molecule has 506 valence electrons. The zero-order chi connectivity index (χ0) is 66.1.